The third-order valence-electron chi connectivity index (χ3n) is 5.52. The minimum Gasteiger partial charge on any atom is -0.497 e. The highest BCUT2D eigenvalue weighted by molar-refractivity contribution is 5.96. The number of hydrogen-bond acceptors (Lipinski definition) is 5. The smallest absolute Gasteiger partial charge is 0.330 e. The molecular formula is C23H20N4O4. The van der Waals surface area contributed by atoms with Crippen molar-refractivity contribution in [2.24, 2.45) is 0 Å². The highest BCUT2D eigenvalue weighted by Gasteiger charge is 2.27. The number of rotatable bonds is 5. The van der Waals surface area contributed by atoms with E-state index in [-0.39, 0.29) is 22.9 Å². The van der Waals surface area contributed by atoms with Crippen LogP contribution in [0.3, 0.4) is 0 Å². The summed E-state index contributed by atoms with van der Waals surface area (Å²) in [6, 6.07) is 13.3. The number of nitrogens with one attached hydrogen (secondary N) is 2. The minimum atomic E-state index is -0.538. The molecule has 0 unspecified atom stereocenters. The Bertz CT molecular complexity index is 1450. The number of aromatic nitrogens is 3. The van der Waals surface area contributed by atoms with Crippen molar-refractivity contribution in [2.45, 2.75) is 25.4 Å². The second-order valence-corrected chi connectivity index (χ2v) is 7.69. The Labute approximate surface area is 176 Å². The fourth-order valence-electron chi connectivity index (χ4n) is 3.73. The third-order valence-corrected chi connectivity index (χ3v) is 5.52. The van der Waals surface area contributed by atoms with E-state index >= 15 is 0 Å². The molecule has 2 aromatic carbocycles. The van der Waals surface area contributed by atoms with E-state index in [0.717, 1.165) is 34.9 Å². The summed E-state index contributed by atoms with van der Waals surface area (Å²) in [7, 11) is 1.63. The van der Waals surface area contributed by atoms with Crippen molar-refractivity contribution in [3.63, 3.8) is 0 Å². The van der Waals surface area contributed by atoms with E-state index in [1.165, 1.54) is 16.8 Å². The number of H-pyrrole nitrogens is 1. The zero-order valence-electron chi connectivity index (χ0n) is 16.8. The average molecular weight is 416 g/mol. The first kappa shape index (κ1) is 19.0. The van der Waals surface area contributed by atoms with Gasteiger partial charge in [0.15, 0.2) is 0 Å². The van der Waals surface area contributed by atoms with Gasteiger partial charge in [0, 0.05) is 18.8 Å². The summed E-state index contributed by atoms with van der Waals surface area (Å²) in [5.41, 5.74) is 0.532. The zero-order valence-corrected chi connectivity index (χ0v) is 16.8. The Morgan fingerprint density at radius 3 is 2.71 bits per heavy atom. The second kappa shape index (κ2) is 7.39. The molecule has 0 spiro atoms. The van der Waals surface area contributed by atoms with Gasteiger partial charge in [-0.2, -0.15) is 0 Å². The first-order valence-electron chi connectivity index (χ1n) is 10.0. The maximum atomic E-state index is 12.7. The number of pyridine rings is 1. The van der Waals surface area contributed by atoms with Gasteiger partial charge >= 0.3 is 5.69 Å². The van der Waals surface area contributed by atoms with Gasteiger partial charge < -0.3 is 10.1 Å². The van der Waals surface area contributed by atoms with E-state index in [4.69, 9.17) is 4.74 Å². The molecule has 2 N–H and O–H groups in total. The number of hydrogen-bond donors (Lipinski definition) is 2. The molecule has 2 heterocycles. The lowest BCUT2D eigenvalue weighted by Crippen LogP contribution is -2.31. The third kappa shape index (κ3) is 3.56. The van der Waals surface area contributed by atoms with Gasteiger partial charge in [0.1, 0.15) is 11.4 Å². The molecule has 0 atom stereocenters. The van der Waals surface area contributed by atoms with Gasteiger partial charge in [-0.05, 0) is 53.4 Å². The van der Waals surface area contributed by atoms with E-state index < -0.39 is 11.2 Å². The van der Waals surface area contributed by atoms with Crippen molar-refractivity contribution in [1.29, 1.82) is 0 Å². The monoisotopic (exact) mass is 416 g/mol. The van der Waals surface area contributed by atoms with Gasteiger partial charge in [-0.3, -0.25) is 19.1 Å². The molecule has 0 saturated heterocycles. The van der Waals surface area contributed by atoms with Gasteiger partial charge in [-0.25, -0.2) is 9.78 Å². The minimum absolute atomic E-state index is 0.0619. The van der Waals surface area contributed by atoms with Crippen molar-refractivity contribution < 1.29 is 9.53 Å². The van der Waals surface area contributed by atoms with Crippen LogP contribution in [0.4, 0.5) is 0 Å². The molecule has 5 rings (SSSR count). The summed E-state index contributed by atoms with van der Waals surface area (Å²) in [5, 5.41) is 5.19. The molecule has 31 heavy (non-hydrogen) atoms. The zero-order chi connectivity index (χ0) is 21.5. The van der Waals surface area contributed by atoms with Crippen LogP contribution >= 0.6 is 0 Å². The predicted octanol–water partition coefficient (Wildman–Crippen LogP) is 2.51. The summed E-state index contributed by atoms with van der Waals surface area (Å²) in [4.78, 5) is 43.7. The number of nitrogens with zero attached hydrogens (tertiary/aromatic N) is 2. The van der Waals surface area contributed by atoms with Crippen LogP contribution in [0.15, 0.2) is 58.3 Å². The Balaban J connectivity index is 1.38. The van der Waals surface area contributed by atoms with Gasteiger partial charge in [0.05, 0.1) is 18.1 Å². The molecule has 1 fully saturated rings. The van der Waals surface area contributed by atoms with E-state index in [0.29, 0.717) is 12.2 Å². The van der Waals surface area contributed by atoms with Crippen molar-refractivity contribution >= 4 is 27.7 Å². The summed E-state index contributed by atoms with van der Waals surface area (Å²) >= 11 is 0. The summed E-state index contributed by atoms with van der Waals surface area (Å²) in [5.74, 6) is 0.451. The number of fused-ring (bicyclic) bond motifs is 2. The predicted molar refractivity (Wildman–Crippen MR) is 117 cm³/mol. The van der Waals surface area contributed by atoms with E-state index in [2.05, 4.69) is 15.3 Å². The van der Waals surface area contributed by atoms with E-state index in [1.54, 1.807) is 7.11 Å². The van der Waals surface area contributed by atoms with Crippen molar-refractivity contribution in [3.8, 4) is 5.75 Å². The number of ether oxygens (including phenoxy) is 1. The number of methoxy groups -OCH3 is 1. The first-order chi connectivity index (χ1) is 15.0. The maximum absolute atomic E-state index is 12.7. The largest absolute Gasteiger partial charge is 0.497 e. The molecule has 1 amide bonds. The van der Waals surface area contributed by atoms with Gasteiger partial charge in [-0.1, -0.05) is 18.2 Å². The van der Waals surface area contributed by atoms with Crippen LogP contribution in [0.1, 0.15) is 34.8 Å². The first-order valence-corrected chi connectivity index (χ1v) is 10.0. The molecule has 1 saturated carbocycles. The highest BCUT2D eigenvalue weighted by atomic mass is 16.5. The van der Waals surface area contributed by atoms with Crippen LogP contribution in [-0.2, 0) is 6.54 Å². The lowest BCUT2D eigenvalue weighted by Gasteiger charge is -2.10. The van der Waals surface area contributed by atoms with Crippen LogP contribution < -0.4 is 21.3 Å². The molecule has 0 radical (unpaired) electrons. The molecule has 0 aliphatic heterocycles. The standard InChI is InChI=1S/C23H20N4O4/c1-31-18-7-4-14-8-13(2-3-15(14)9-18)11-25-21(28)16-10-19-20(24-12-16)27(17-5-6-17)23(30)26-22(19)29/h2-4,7-10,12,17H,5-6,11H2,1H3,(H,25,28)(H,26,29,30). The molecule has 156 valence electrons. The highest BCUT2D eigenvalue weighted by Crippen LogP contribution is 2.34. The Morgan fingerprint density at radius 1 is 1.16 bits per heavy atom. The molecule has 8 heteroatoms. The van der Waals surface area contributed by atoms with Crippen LogP contribution in [0.25, 0.3) is 21.8 Å². The number of amides is 1. The average Bonchev–Trinajstić information content (AvgIpc) is 3.62. The quantitative estimate of drug-likeness (QED) is 0.520. The van der Waals surface area contributed by atoms with Crippen molar-refractivity contribution in [3.05, 3.63) is 80.6 Å². The Morgan fingerprint density at radius 2 is 1.94 bits per heavy atom. The number of aromatic amines is 1. The van der Waals surface area contributed by atoms with Crippen LogP contribution in [-0.4, -0.2) is 27.6 Å². The van der Waals surface area contributed by atoms with Crippen LogP contribution in [0.5, 0.6) is 5.75 Å². The molecule has 2 aromatic heterocycles. The summed E-state index contributed by atoms with van der Waals surface area (Å²) < 4.78 is 6.75. The second-order valence-electron chi connectivity index (χ2n) is 7.69. The van der Waals surface area contributed by atoms with Gasteiger partial charge in [0.25, 0.3) is 11.5 Å². The molecule has 8 nitrogen and oxygen atoms in total. The fourth-order valence-corrected chi connectivity index (χ4v) is 3.73. The number of carbonyl (C=O) groups is 1. The normalized spacial score (nSPS) is 13.5. The molecular weight excluding hydrogens is 396 g/mol. The fraction of sp³-hybridized carbons (Fsp3) is 0.217. The summed E-state index contributed by atoms with van der Waals surface area (Å²) in [6.45, 7) is 0.330. The Hall–Kier alpha value is -3.94. The van der Waals surface area contributed by atoms with Crippen molar-refractivity contribution in [1.82, 2.24) is 19.9 Å². The maximum Gasteiger partial charge on any atom is 0.330 e. The van der Waals surface area contributed by atoms with Crippen LogP contribution in [0, 0.1) is 0 Å². The molecule has 4 aromatic rings. The molecule has 0 bridgehead atoms. The summed E-state index contributed by atoms with van der Waals surface area (Å²) in [6.07, 6.45) is 3.16. The van der Waals surface area contributed by atoms with E-state index in [1.807, 2.05) is 36.4 Å². The molecule has 1 aliphatic rings. The van der Waals surface area contributed by atoms with E-state index in [9.17, 15) is 14.4 Å². The lowest BCUT2D eigenvalue weighted by atomic mass is 10.1. The molecule has 1 aliphatic carbocycles. The van der Waals surface area contributed by atoms with Crippen LogP contribution in [0.2, 0.25) is 0 Å². The topological polar surface area (TPSA) is 106 Å². The lowest BCUT2D eigenvalue weighted by molar-refractivity contribution is 0.0950. The SMILES string of the molecule is COc1ccc2cc(CNC(=O)c3cnc4c(c3)c(=O)[nH]c(=O)n4C3CC3)ccc2c1. The number of carbonyl (C=O) groups excluding carboxylic acids is 1. The Kier molecular flexibility index (Phi) is 4.54. The van der Waals surface area contributed by atoms with Gasteiger partial charge in [-0.15, -0.1) is 0 Å². The van der Waals surface area contributed by atoms with Gasteiger partial charge in [0.2, 0.25) is 0 Å². The number of benzene rings is 2. The van der Waals surface area contributed by atoms with Crippen molar-refractivity contribution in [2.75, 3.05) is 7.11 Å².